The minimum Gasteiger partial charge on any atom is -0.744 e. The Balaban J connectivity index is 0.00000440. The van der Waals surface area contributed by atoms with E-state index >= 15 is 0 Å². The molecule has 0 spiro atoms. The molecule has 0 bridgehead atoms. The third-order valence-electron chi connectivity index (χ3n) is 10.3. The van der Waals surface area contributed by atoms with Gasteiger partial charge in [0.15, 0.2) is 0 Å². The second-order valence-corrected chi connectivity index (χ2v) is 25.0. The van der Waals surface area contributed by atoms with Crippen LogP contribution in [-0.4, -0.2) is 108 Å². The maximum atomic E-state index is 12.7. The Hall–Kier alpha value is -2.08. The average molecular weight is 1420 g/mol. The third-order valence-corrected chi connectivity index (χ3v) is 16.0. The number of nitrogens with one attached hydrogen (secondary N) is 4. The molecule has 0 aliphatic carbocycles. The zero-order valence-electron chi connectivity index (χ0n) is 45.8. The summed E-state index contributed by atoms with van der Waals surface area (Å²) in [5.41, 5.74) is -5.55. The molecule has 8 rings (SSSR count). The Bertz CT molecular complexity index is 4680. The summed E-state index contributed by atoms with van der Waals surface area (Å²) >= 11 is 11.9. The fourth-order valence-corrected chi connectivity index (χ4v) is 10.6. The molecule has 0 radical (unpaired) electrons. The van der Waals surface area contributed by atoms with Gasteiger partial charge in [0.1, 0.15) is 72.2 Å². The molecule has 2 heterocycles. The molecule has 30 nitrogen and oxygen atoms in total. The van der Waals surface area contributed by atoms with E-state index in [-0.39, 0.29) is 210 Å². The van der Waals surface area contributed by atoms with E-state index in [4.69, 9.17) is 32.7 Å². The van der Waals surface area contributed by atoms with Gasteiger partial charge in [0.05, 0.1) is 52.1 Å². The number of hydrogen-bond acceptors (Lipinski definition) is 26. The second-order valence-electron chi connectivity index (χ2n) is 16.0. The van der Waals surface area contributed by atoms with E-state index < -0.39 is 147 Å². The Morgan fingerprint density at radius 3 is 0.989 bits per heavy atom. The van der Waals surface area contributed by atoms with Crippen LogP contribution in [0.4, 0.5) is 22.7 Å². The molecule has 0 atom stereocenters. The monoisotopic (exact) mass is 1410 g/mol. The molecule has 0 aliphatic rings. The Morgan fingerprint density at radius 2 is 0.693 bits per heavy atom. The smallest absolute Gasteiger partial charge is 0.744 e. The fourth-order valence-electron chi connectivity index (χ4n) is 6.79. The maximum Gasteiger partial charge on any atom is 1.00 e. The van der Waals surface area contributed by atoms with Crippen molar-refractivity contribution >= 4 is 119 Å². The largest absolute Gasteiger partial charge is 1.00 e. The summed E-state index contributed by atoms with van der Waals surface area (Å²) in [4.78, 5) is 28.2. The van der Waals surface area contributed by atoms with Crippen molar-refractivity contribution in [3.05, 3.63) is 165 Å². The van der Waals surface area contributed by atoms with Gasteiger partial charge in [0, 0.05) is 10.0 Å². The fraction of sp³-hybridized carbons (Fsp3) is 0. The summed E-state index contributed by atoms with van der Waals surface area (Å²) in [6.07, 6.45) is 1.87. The van der Waals surface area contributed by atoms with Crippen molar-refractivity contribution in [2.75, 3.05) is 0 Å². The van der Waals surface area contributed by atoms with Crippen LogP contribution in [0.3, 0.4) is 0 Å². The normalized spacial score (nSPS) is 12.8. The first-order chi connectivity index (χ1) is 38.1. The molecule has 8 aromatic rings. The predicted octanol–water partition coefficient (Wildman–Crippen LogP) is -14.8. The summed E-state index contributed by atoms with van der Waals surface area (Å²) in [6, 6.07) is 19.1. The first kappa shape index (κ1) is 82.0. The second kappa shape index (κ2) is 33.3. The van der Waals surface area contributed by atoms with Gasteiger partial charge in [0.2, 0.25) is 22.5 Å². The van der Waals surface area contributed by atoms with Crippen molar-refractivity contribution in [1.82, 2.24) is 29.9 Å². The summed E-state index contributed by atoms with van der Waals surface area (Å²) in [5, 5.41) is 0.577. The number of halogens is 2. The van der Waals surface area contributed by atoms with Crippen molar-refractivity contribution < 1.29 is 265 Å². The Labute approximate surface area is 641 Å². The van der Waals surface area contributed by atoms with Crippen LogP contribution in [-0.2, 0) is 60.7 Å². The number of benzene rings is 6. The average Bonchev–Trinajstić information content (AvgIpc) is 1.99. The van der Waals surface area contributed by atoms with Crippen LogP contribution in [0.2, 0.25) is 10.0 Å². The van der Waals surface area contributed by atoms with Crippen molar-refractivity contribution in [1.29, 1.82) is 0 Å². The molecule has 0 unspecified atom stereocenters. The van der Waals surface area contributed by atoms with Gasteiger partial charge < -0.3 is 36.8 Å². The van der Waals surface area contributed by atoms with Gasteiger partial charge >= 0.3 is 189 Å². The van der Waals surface area contributed by atoms with Gasteiger partial charge in [-0.2, -0.15) is 9.97 Å². The van der Waals surface area contributed by atoms with Gasteiger partial charge in [0.25, 0.3) is 0 Å². The van der Waals surface area contributed by atoms with Gasteiger partial charge in [-0.15, -0.1) is 0 Å². The molecule has 0 fully saturated rings. The Morgan fingerprint density at radius 1 is 0.375 bits per heavy atom. The molecule has 0 aliphatic heterocycles. The summed E-state index contributed by atoms with van der Waals surface area (Å²) in [6.45, 7) is 0. The molecule has 44 heteroatoms. The number of nitrogens with zero attached hydrogens (tertiary/aromatic N) is 6. The minimum absolute atomic E-state index is 0. The maximum absolute atomic E-state index is 12.7. The Kier molecular flexibility index (Phi) is 31.1. The van der Waals surface area contributed by atoms with Gasteiger partial charge in [-0.05, 0) is 120 Å². The third kappa shape index (κ3) is 22.8. The zero-order valence-corrected chi connectivity index (χ0v) is 64.2. The summed E-state index contributed by atoms with van der Waals surface area (Å²) in [7, 11) is -32.2. The van der Waals surface area contributed by atoms with Crippen molar-refractivity contribution in [3.63, 3.8) is 0 Å². The van der Waals surface area contributed by atoms with Gasteiger partial charge in [-0.1, -0.05) is 47.5 Å². The molecular weight excluding hydrogens is 1390 g/mol. The molecule has 6 aromatic carbocycles. The molecule has 428 valence electrons. The molecule has 4 N–H and O–H groups in total. The number of aromatic amines is 4. The SMILES string of the molecule is O=S(=O)([O-])c1ccc(S(=O)(=O)[O-])c(N=c2[nH]c(Oc3ccc(Cl)cc3)nc(=Nc3ccc(/C=C/c4ccc(N=c5nc(Oc6ccc(Cl)cc6)[nH]c(=Nc6cc(S(=O)(=O)[O-])ccc6S(=O)(=O)[O-])[nH]5)cc4S(=O)(=O)[O-])c(S(=O)(=O)[O-])c3)[nH]2)c1.[Na+].[Na+].[Na+].[Na+].[Na+].[Na+]. The van der Waals surface area contributed by atoms with Gasteiger partial charge in [-0.3, -0.25) is 19.9 Å². The molecule has 0 saturated heterocycles. The number of ether oxygens (including phenoxy) is 2. The minimum atomic E-state index is -5.47. The van der Waals surface area contributed by atoms with E-state index in [1.807, 2.05) is 0 Å². The van der Waals surface area contributed by atoms with Gasteiger partial charge in [-0.25, -0.2) is 70.5 Å². The molecule has 2 aromatic heterocycles. The number of H-pyrrole nitrogens is 4. The van der Waals surface area contributed by atoms with E-state index in [9.17, 15) is 77.8 Å². The van der Waals surface area contributed by atoms with Crippen molar-refractivity contribution in [3.8, 4) is 23.5 Å². The molecular formula is C44H26Cl2N10Na6O20S6. The summed E-state index contributed by atoms with van der Waals surface area (Å²) in [5.74, 6) is 0.133. The first-order valence-corrected chi connectivity index (χ1v) is 30.8. The molecule has 88 heavy (non-hydrogen) atoms. The van der Waals surface area contributed by atoms with Crippen LogP contribution in [0.15, 0.2) is 171 Å². The topological polar surface area (TPSA) is 500 Å². The van der Waals surface area contributed by atoms with E-state index in [1.54, 1.807) is 0 Å². The van der Waals surface area contributed by atoms with Crippen LogP contribution >= 0.6 is 23.2 Å². The number of aromatic nitrogens is 6. The van der Waals surface area contributed by atoms with Crippen molar-refractivity contribution in [2.24, 2.45) is 20.0 Å². The first-order valence-electron chi connectivity index (χ1n) is 21.6. The van der Waals surface area contributed by atoms with Crippen molar-refractivity contribution in [2.45, 2.75) is 29.4 Å². The van der Waals surface area contributed by atoms with Crippen LogP contribution in [0.25, 0.3) is 12.2 Å². The van der Waals surface area contributed by atoms with Crippen LogP contribution in [0, 0.1) is 0 Å². The standard InChI is InChI=1S/C44H32Cl2N10O20S6.6Na/c45-25-5-11-29(12-6-25)75-43-53-39(51-41(55-43)49-33-21-31(77(57,58)59)15-17-35(33)79(63,64)65)47-27-9-3-23(37(19-27)81(69,70)71)1-2-24-4-10-28(20-38(24)82(72,73)74)48-40-52-42(56-44(54-40)76-30-13-7-26(46)8-14-30)50-34-22-32(78(60,61)62)16-18-36(34)80(66,67)68;;;;;;/h1-22H,(H,57,58,59)(H,60,61,62)(H,63,64,65)(H,66,67,68)(H,69,70,71)(H,72,73,74)(H2,47,49,51,53,55)(H2,48,50,52,54,56);;;;;;/q;6*+1/p-6/b2-1+;;;;;;. The quantitative estimate of drug-likeness (QED) is 0.0396. The summed E-state index contributed by atoms with van der Waals surface area (Å²) < 4.78 is 231. The van der Waals surface area contributed by atoms with E-state index in [0.29, 0.717) is 36.4 Å². The van der Waals surface area contributed by atoms with E-state index in [0.717, 1.165) is 48.6 Å². The van der Waals surface area contributed by atoms with Crippen LogP contribution in [0.1, 0.15) is 11.1 Å². The zero-order chi connectivity index (χ0) is 59.7. The number of hydrogen-bond donors (Lipinski definition) is 4. The van der Waals surface area contributed by atoms with E-state index in [1.165, 1.54) is 48.5 Å². The van der Waals surface area contributed by atoms with Crippen LogP contribution < -0.4 is 209 Å². The van der Waals surface area contributed by atoms with Crippen LogP contribution in [0.5, 0.6) is 23.5 Å². The number of rotatable bonds is 16. The molecule has 0 saturated carbocycles. The van der Waals surface area contributed by atoms with E-state index in [2.05, 4.69) is 49.9 Å². The predicted molar refractivity (Wildman–Crippen MR) is 272 cm³/mol. The molecule has 0 amide bonds.